The number of anilines is 1. The average Bonchev–Trinajstić information content (AvgIpc) is 3.15. The number of fused-ring (bicyclic) bond motifs is 1. The topological polar surface area (TPSA) is 156 Å². The molecular formula is C20H25N7O3S2. The molecule has 0 aliphatic heterocycles. The molecule has 0 fully saturated rings. The second-order valence-electron chi connectivity index (χ2n) is 6.97. The van der Waals surface area contributed by atoms with Gasteiger partial charge in [0.2, 0.25) is 0 Å². The minimum atomic E-state index is -3.29. The number of hydrazone groups is 1. The average molecular weight is 476 g/mol. The number of hydrazine groups is 1. The zero-order valence-corrected chi connectivity index (χ0v) is 19.3. The van der Waals surface area contributed by atoms with Crippen LogP contribution in [-0.2, 0) is 9.84 Å². The molecule has 1 heterocycles. The van der Waals surface area contributed by atoms with Crippen LogP contribution in [0.5, 0.6) is 0 Å². The minimum absolute atomic E-state index is 0.262. The number of aromatic nitrogens is 1. The molecule has 10 nitrogen and oxygen atoms in total. The summed E-state index contributed by atoms with van der Waals surface area (Å²) < 4.78 is 24.5. The number of hydrogen-bond acceptors (Lipinski definition) is 8. The summed E-state index contributed by atoms with van der Waals surface area (Å²) in [5.74, 6) is 11.6. The Kier molecular flexibility index (Phi) is 7.28. The normalized spacial score (nSPS) is 12.0. The molecule has 3 rings (SSSR count). The molecule has 1 aromatic heterocycles. The van der Waals surface area contributed by atoms with E-state index < -0.39 is 15.9 Å². The quantitative estimate of drug-likeness (QED) is 0.177. The van der Waals surface area contributed by atoms with Gasteiger partial charge in [-0.05, 0) is 35.4 Å². The monoisotopic (exact) mass is 475 g/mol. The lowest BCUT2D eigenvalue weighted by Crippen LogP contribution is -2.43. The number of benzene rings is 2. The van der Waals surface area contributed by atoms with Gasteiger partial charge in [0, 0.05) is 19.2 Å². The van der Waals surface area contributed by atoms with Crippen LogP contribution in [0, 0.1) is 0 Å². The van der Waals surface area contributed by atoms with Crippen molar-refractivity contribution in [2.75, 3.05) is 24.7 Å². The summed E-state index contributed by atoms with van der Waals surface area (Å²) in [5.41, 5.74) is 2.38. The van der Waals surface area contributed by atoms with Crippen LogP contribution in [0.25, 0.3) is 21.3 Å². The van der Waals surface area contributed by atoms with E-state index in [2.05, 4.69) is 20.7 Å². The summed E-state index contributed by atoms with van der Waals surface area (Å²) in [5, 5.41) is 10.8. The second kappa shape index (κ2) is 9.94. The first-order valence-electron chi connectivity index (χ1n) is 9.76. The zero-order chi connectivity index (χ0) is 23.3. The number of amides is 2. The number of rotatable bonds is 7. The van der Waals surface area contributed by atoms with Crippen molar-refractivity contribution in [3.05, 3.63) is 42.5 Å². The van der Waals surface area contributed by atoms with E-state index in [0.717, 1.165) is 21.3 Å². The Morgan fingerprint density at radius 3 is 2.66 bits per heavy atom. The number of sulfone groups is 1. The minimum Gasteiger partial charge on any atom is -0.336 e. The van der Waals surface area contributed by atoms with Crippen molar-refractivity contribution < 1.29 is 13.2 Å². The fourth-order valence-electron chi connectivity index (χ4n) is 2.99. The van der Waals surface area contributed by atoms with E-state index in [9.17, 15) is 13.2 Å². The molecule has 32 heavy (non-hydrogen) atoms. The first kappa shape index (κ1) is 23.4. The van der Waals surface area contributed by atoms with E-state index >= 15 is 0 Å². The molecule has 170 valence electrons. The number of carbonyl (C=O) groups excluding carboxylic acids is 1. The van der Waals surface area contributed by atoms with E-state index in [4.69, 9.17) is 11.7 Å². The summed E-state index contributed by atoms with van der Waals surface area (Å²) in [6.07, 6.45) is 1.77. The van der Waals surface area contributed by atoms with Gasteiger partial charge in [0.05, 0.1) is 21.7 Å². The van der Waals surface area contributed by atoms with Crippen LogP contribution in [0.3, 0.4) is 0 Å². The molecule has 0 spiro atoms. The van der Waals surface area contributed by atoms with Crippen LogP contribution in [0.2, 0.25) is 0 Å². The number of hydrogen-bond donors (Lipinski definition) is 4. The van der Waals surface area contributed by atoms with Crippen molar-refractivity contribution in [3.63, 3.8) is 0 Å². The Balaban J connectivity index is 1.67. The standard InChI is InChI=1S/C20H25N7O3S2/c1-3-18(26-21)27(22)10-9-23-19(28)25-20-24-16-8-7-14(12-17(16)31-20)13-5-4-6-15(11-13)32(2,29)30/h4-8,11-12H,3,9-10,21-22H2,1-2H3,(H2,23,24,25,28)/b26-18-. The van der Waals surface area contributed by atoms with Crippen molar-refractivity contribution in [2.24, 2.45) is 16.8 Å². The molecule has 0 saturated carbocycles. The van der Waals surface area contributed by atoms with E-state index in [1.165, 1.54) is 22.6 Å². The number of urea groups is 1. The van der Waals surface area contributed by atoms with Crippen molar-refractivity contribution in [3.8, 4) is 11.1 Å². The molecule has 12 heteroatoms. The first-order chi connectivity index (χ1) is 15.2. The maximum Gasteiger partial charge on any atom is 0.321 e. The fourth-order valence-corrected chi connectivity index (χ4v) is 4.56. The largest absolute Gasteiger partial charge is 0.336 e. The molecule has 2 amide bonds. The van der Waals surface area contributed by atoms with Gasteiger partial charge in [-0.25, -0.2) is 24.0 Å². The number of nitrogens with two attached hydrogens (primary N) is 2. The Morgan fingerprint density at radius 2 is 1.97 bits per heavy atom. The van der Waals surface area contributed by atoms with Crippen molar-refractivity contribution in [1.82, 2.24) is 15.3 Å². The summed E-state index contributed by atoms with van der Waals surface area (Å²) in [4.78, 5) is 16.9. The Labute approximate surface area is 190 Å². The third kappa shape index (κ3) is 5.72. The third-order valence-corrected chi connectivity index (χ3v) is 6.68. The van der Waals surface area contributed by atoms with Crippen LogP contribution in [0.15, 0.2) is 52.5 Å². The number of amidine groups is 1. The van der Waals surface area contributed by atoms with Gasteiger partial charge in [-0.3, -0.25) is 10.3 Å². The lowest BCUT2D eigenvalue weighted by atomic mass is 10.1. The molecule has 0 aliphatic carbocycles. The highest BCUT2D eigenvalue weighted by molar-refractivity contribution is 7.90. The van der Waals surface area contributed by atoms with E-state index in [-0.39, 0.29) is 4.90 Å². The molecule has 0 bridgehead atoms. The van der Waals surface area contributed by atoms with E-state index in [1.54, 1.807) is 18.2 Å². The van der Waals surface area contributed by atoms with Crippen molar-refractivity contribution >= 4 is 48.4 Å². The zero-order valence-electron chi connectivity index (χ0n) is 17.7. The van der Waals surface area contributed by atoms with Crippen LogP contribution in [-0.4, -0.2) is 49.6 Å². The molecule has 0 radical (unpaired) electrons. The van der Waals surface area contributed by atoms with E-state index in [1.807, 2.05) is 31.2 Å². The van der Waals surface area contributed by atoms with Gasteiger partial charge in [-0.2, -0.15) is 5.10 Å². The van der Waals surface area contributed by atoms with Crippen molar-refractivity contribution in [1.29, 1.82) is 0 Å². The van der Waals surface area contributed by atoms with Gasteiger partial charge >= 0.3 is 6.03 Å². The predicted octanol–water partition coefficient (Wildman–Crippen LogP) is 2.35. The maximum absolute atomic E-state index is 12.2. The molecule has 0 atom stereocenters. The fraction of sp³-hybridized carbons (Fsp3) is 0.250. The third-order valence-electron chi connectivity index (χ3n) is 4.64. The molecule has 0 saturated heterocycles. The predicted molar refractivity (Wildman–Crippen MR) is 128 cm³/mol. The highest BCUT2D eigenvalue weighted by Crippen LogP contribution is 2.31. The molecular weight excluding hydrogens is 450 g/mol. The lowest BCUT2D eigenvalue weighted by molar-refractivity contribution is 0.251. The van der Waals surface area contributed by atoms with Gasteiger partial charge in [-0.15, -0.1) is 0 Å². The number of nitrogens with zero attached hydrogens (tertiary/aromatic N) is 3. The Hall–Kier alpha value is -3.22. The van der Waals surface area contributed by atoms with Gasteiger partial charge in [0.25, 0.3) is 0 Å². The van der Waals surface area contributed by atoms with Crippen molar-refractivity contribution in [2.45, 2.75) is 18.2 Å². The smallest absolute Gasteiger partial charge is 0.321 e. The first-order valence-corrected chi connectivity index (χ1v) is 12.5. The summed E-state index contributed by atoms with van der Waals surface area (Å²) in [6.45, 7) is 2.53. The van der Waals surface area contributed by atoms with Gasteiger partial charge in [0.15, 0.2) is 15.0 Å². The molecule has 0 unspecified atom stereocenters. The molecule has 6 N–H and O–H groups in total. The SMILES string of the molecule is CC/C(=N/N)N(N)CCNC(=O)Nc1nc2ccc(-c3cccc(S(C)(=O)=O)c3)cc2s1. The summed E-state index contributed by atoms with van der Waals surface area (Å²) in [7, 11) is -3.29. The van der Waals surface area contributed by atoms with Gasteiger partial charge in [0.1, 0.15) is 5.84 Å². The molecule has 2 aromatic carbocycles. The number of nitrogens with one attached hydrogen (secondary N) is 2. The maximum atomic E-state index is 12.2. The molecule has 0 aliphatic rings. The Bertz CT molecular complexity index is 1260. The van der Waals surface area contributed by atoms with Gasteiger partial charge < -0.3 is 11.2 Å². The van der Waals surface area contributed by atoms with Crippen LogP contribution >= 0.6 is 11.3 Å². The van der Waals surface area contributed by atoms with Gasteiger partial charge in [-0.1, -0.05) is 36.5 Å². The van der Waals surface area contributed by atoms with Crippen LogP contribution < -0.4 is 22.3 Å². The van der Waals surface area contributed by atoms with Crippen LogP contribution in [0.1, 0.15) is 13.3 Å². The Morgan fingerprint density at radius 1 is 1.22 bits per heavy atom. The second-order valence-corrected chi connectivity index (χ2v) is 10.0. The highest BCUT2D eigenvalue weighted by atomic mass is 32.2. The van der Waals surface area contributed by atoms with E-state index in [0.29, 0.717) is 30.5 Å². The number of carbonyl (C=O) groups is 1. The highest BCUT2D eigenvalue weighted by Gasteiger charge is 2.12. The van der Waals surface area contributed by atoms with Crippen LogP contribution in [0.4, 0.5) is 9.93 Å². The lowest BCUT2D eigenvalue weighted by Gasteiger charge is -2.18. The summed E-state index contributed by atoms with van der Waals surface area (Å²) in [6, 6.07) is 12.0. The summed E-state index contributed by atoms with van der Waals surface area (Å²) >= 11 is 1.32. The number of thiazole rings is 1. The molecule has 3 aromatic rings.